The molecule has 2 aromatic carbocycles. The third kappa shape index (κ3) is 7.09. The van der Waals surface area contributed by atoms with Crippen LogP contribution in [-0.2, 0) is 12.7 Å². The zero-order valence-corrected chi connectivity index (χ0v) is 15.0. The minimum absolute atomic E-state index is 0. The van der Waals surface area contributed by atoms with Crippen LogP contribution in [0.25, 0.3) is 0 Å². The van der Waals surface area contributed by atoms with Crippen molar-refractivity contribution in [1.29, 1.82) is 0 Å². The highest BCUT2D eigenvalue weighted by atomic mass is 35.5. The fraction of sp³-hybridized carbons (Fsp3) is 0.278. The number of carbonyl (C=O) groups excluding carboxylic acids is 1. The molecular weight excluding hydrogens is 385 g/mol. The maximum absolute atomic E-state index is 12.5. The van der Waals surface area contributed by atoms with Gasteiger partial charge in [0.2, 0.25) is 0 Å². The number of amides is 1. The predicted molar refractivity (Wildman–Crippen MR) is 96.9 cm³/mol. The van der Waals surface area contributed by atoms with Crippen LogP contribution in [0, 0.1) is 0 Å². The van der Waals surface area contributed by atoms with E-state index in [0.717, 1.165) is 17.7 Å². The quantitative estimate of drug-likeness (QED) is 0.662. The van der Waals surface area contributed by atoms with Crippen LogP contribution in [0.3, 0.4) is 0 Å². The van der Waals surface area contributed by atoms with Crippen LogP contribution in [0.4, 0.5) is 13.2 Å². The predicted octanol–water partition coefficient (Wildman–Crippen LogP) is 2.76. The lowest BCUT2D eigenvalue weighted by Crippen LogP contribution is -2.35. The van der Waals surface area contributed by atoms with Crippen LogP contribution in [0.5, 0.6) is 5.75 Å². The molecule has 0 fully saturated rings. The Balaban J connectivity index is 0.00000364. The fourth-order valence-electron chi connectivity index (χ4n) is 2.10. The number of hydrogen-bond acceptors (Lipinski definition) is 4. The Morgan fingerprint density at radius 2 is 1.70 bits per heavy atom. The zero-order valence-electron chi connectivity index (χ0n) is 14.2. The summed E-state index contributed by atoms with van der Waals surface area (Å²) < 4.78 is 42.6. The van der Waals surface area contributed by atoms with Gasteiger partial charge in [0, 0.05) is 18.7 Å². The second-order valence-corrected chi connectivity index (χ2v) is 5.60. The third-order valence-corrected chi connectivity index (χ3v) is 3.57. The summed E-state index contributed by atoms with van der Waals surface area (Å²) in [7, 11) is 0. The molecule has 1 atom stereocenters. The number of hydrogen-bond donors (Lipinski definition) is 3. The van der Waals surface area contributed by atoms with Crippen molar-refractivity contribution in [2.24, 2.45) is 5.73 Å². The van der Waals surface area contributed by atoms with Gasteiger partial charge in [-0.25, -0.2) is 0 Å². The molecule has 27 heavy (non-hydrogen) atoms. The summed E-state index contributed by atoms with van der Waals surface area (Å²) in [5.41, 5.74) is 6.03. The summed E-state index contributed by atoms with van der Waals surface area (Å²) in [6, 6.07) is 10.9. The minimum atomic E-state index is -4.41. The Morgan fingerprint density at radius 1 is 1.11 bits per heavy atom. The van der Waals surface area contributed by atoms with Gasteiger partial charge in [0.25, 0.3) is 5.91 Å². The molecule has 0 aliphatic heterocycles. The molecule has 0 saturated heterocycles. The summed E-state index contributed by atoms with van der Waals surface area (Å²) in [4.78, 5) is 12.0. The topological polar surface area (TPSA) is 84.6 Å². The second kappa shape index (κ2) is 10.1. The summed E-state index contributed by atoms with van der Waals surface area (Å²) >= 11 is 0. The highest BCUT2D eigenvalue weighted by molar-refractivity contribution is 5.94. The van der Waals surface area contributed by atoms with Gasteiger partial charge in [0.1, 0.15) is 18.5 Å². The molecule has 0 aromatic heterocycles. The van der Waals surface area contributed by atoms with Crippen molar-refractivity contribution in [3.63, 3.8) is 0 Å². The molecule has 2 aromatic rings. The van der Waals surface area contributed by atoms with E-state index >= 15 is 0 Å². The van der Waals surface area contributed by atoms with Crippen LogP contribution in [0.1, 0.15) is 21.5 Å². The lowest BCUT2D eigenvalue weighted by Gasteiger charge is -2.14. The van der Waals surface area contributed by atoms with Gasteiger partial charge in [0.05, 0.1) is 5.56 Å². The number of rotatable bonds is 7. The summed E-state index contributed by atoms with van der Waals surface area (Å²) in [6.45, 7) is 0.151. The molecule has 1 unspecified atom stereocenters. The lowest BCUT2D eigenvalue weighted by atomic mass is 10.1. The van der Waals surface area contributed by atoms with Gasteiger partial charge in [0.15, 0.2) is 0 Å². The number of aliphatic hydroxyl groups excluding tert-OH is 1. The Kier molecular flexibility index (Phi) is 8.55. The van der Waals surface area contributed by atoms with Gasteiger partial charge in [-0.3, -0.25) is 4.79 Å². The zero-order chi connectivity index (χ0) is 19.2. The van der Waals surface area contributed by atoms with Gasteiger partial charge in [-0.2, -0.15) is 13.2 Å². The molecule has 2 rings (SSSR count). The van der Waals surface area contributed by atoms with E-state index < -0.39 is 17.8 Å². The fourth-order valence-corrected chi connectivity index (χ4v) is 2.10. The molecule has 5 nitrogen and oxygen atoms in total. The number of aliphatic hydroxyl groups is 1. The van der Waals surface area contributed by atoms with E-state index in [1.54, 1.807) is 24.3 Å². The van der Waals surface area contributed by atoms with Gasteiger partial charge in [-0.1, -0.05) is 12.1 Å². The Morgan fingerprint density at radius 3 is 2.22 bits per heavy atom. The molecule has 0 aliphatic rings. The largest absolute Gasteiger partial charge is 0.491 e. The van der Waals surface area contributed by atoms with Crippen molar-refractivity contribution in [2.45, 2.75) is 18.8 Å². The molecule has 0 spiro atoms. The minimum Gasteiger partial charge on any atom is -0.491 e. The maximum Gasteiger partial charge on any atom is 0.416 e. The number of carbonyl (C=O) groups is 1. The van der Waals surface area contributed by atoms with Gasteiger partial charge >= 0.3 is 6.18 Å². The second-order valence-electron chi connectivity index (χ2n) is 5.60. The van der Waals surface area contributed by atoms with E-state index in [1.165, 1.54) is 12.1 Å². The van der Waals surface area contributed by atoms with E-state index in [4.69, 9.17) is 10.5 Å². The average Bonchev–Trinajstić information content (AvgIpc) is 2.64. The molecule has 148 valence electrons. The van der Waals surface area contributed by atoms with Crippen LogP contribution in [0.2, 0.25) is 0 Å². The number of benzene rings is 2. The standard InChI is InChI=1S/C18H19F3N2O3.ClH/c19-18(20,21)14-5-7-16(8-6-14)26-11-15(24)10-23-17(25)13-3-1-12(9-22)2-4-13;/h1-8,15,24H,9-11,22H2,(H,23,25);1H. The summed E-state index contributed by atoms with van der Waals surface area (Å²) in [6.07, 6.45) is -5.42. The van der Waals surface area contributed by atoms with Crippen molar-refractivity contribution in [3.05, 3.63) is 65.2 Å². The molecule has 0 aliphatic carbocycles. The number of nitrogens with two attached hydrogens (primary N) is 1. The van der Waals surface area contributed by atoms with Gasteiger partial charge in [-0.15, -0.1) is 12.4 Å². The first kappa shape index (κ1) is 22.8. The van der Waals surface area contributed by atoms with Crippen molar-refractivity contribution >= 4 is 18.3 Å². The molecule has 9 heteroatoms. The molecule has 0 saturated carbocycles. The first-order chi connectivity index (χ1) is 12.3. The van der Waals surface area contributed by atoms with Crippen molar-refractivity contribution in [1.82, 2.24) is 5.32 Å². The summed E-state index contributed by atoms with van der Waals surface area (Å²) in [5.74, 6) is -0.164. The van der Waals surface area contributed by atoms with Crippen molar-refractivity contribution in [2.75, 3.05) is 13.2 Å². The van der Waals surface area contributed by atoms with Crippen LogP contribution >= 0.6 is 12.4 Å². The average molecular weight is 405 g/mol. The molecule has 4 N–H and O–H groups in total. The number of halogens is 4. The van der Waals surface area contributed by atoms with E-state index in [2.05, 4.69) is 5.32 Å². The van der Waals surface area contributed by atoms with Crippen LogP contribution in [0.15, 0.2) is 48.5 Å². The number of alkyl halides is 3. The molecular formula is C18H20ClF3N2O3. The smallest absolute Gasteiger partial charge is 0.416 e. The normalized spacial score (nSPS) is 12.0. The van der Waals surface area contributed by atoms with Crippen molar-refractivity contribution in [3.8, 4) is 5.75 Å². The van der Waals surface area contributed by atoms with Crippen LogP contribution in [-0.4, -0.2) is 30.3 Å². The number of ether oxygens (including phenoxy) is 1. The summed E-state index contributed by atoms with van der Waals surface area (Å²) in [5, 5.41) is 12.4. The van der Waals surface area contributed by atoms with Gasteiger partial charge in [-0.05, 0) is 42.0 Å². The molecule has 0 radical (unpaired) electrons. The van der Waals surface area contributed by atoms with Crippen LogP contribution < -0.4 is 15.8 Å². The van der Waals surface area contributed by atoms with Crippen molar-refractivity contribution < 1.29 is 27.8 Å². The highest BCUT2D eigenvalue weighted by Gasteiger charge is 2.30. The molecule has 0 bridgehead atoms. The highest BCUT2D eigenvalue weighted by Crippen LogP contribution is 2.30. The first-order valence-electron chi connectivity index (χ1n) is 7.85. The maximum atomic E-state index is 12.5. The Labute approximate surface area is 160 Å². The molecule has 0 heterocycles. The lowest BCUT2D eigenvalue weighted by molar-refractivity contribution is -0.137. The molecule has 1 amide bonds. The first-order valence-corrected chi connectivity index (χ1v) is 7.85. The Bertz CT molecular complexity index is 722. The number of nitrogens with one attached hydrogen (secondary N) is 1. The Hall–Kier alpha value is -2.29. The van der Waals surface area contributed by atoms with E-state index in [-0.39, 0.29) is 37.2 Å². The van der Waals surface area contributed by atoms with Gasteiger partial charge < -0.3 is 20.9 Å². The third-order valence-electron chi connectivity index (χ3n) is 3.57. The van der Waals surface area contributed by atoms with E-state index in [0.29, 0.717) is 12.1 Å². The SMILES string of the molecule is Cl.NCc1ccc(C(=O)NCC(O)COc2ccc(C(F)(F)F)cc2)cc1. The monoisotopic (exact) mass is 404 g/mol. The van der Waals surface area contributed by atoms with E-state index in [1.807, 2.05) is 0 Å². The van der Waals surface area contributed by atoms with E-state index in [9.17, 15) is 23.1 Å².